The van der Waals surface area contributed by atoms with E-state index in [1.54, 1.807) is 69.5 Å². The van der Waals surface area contributed by atoms with Crippen LogP contribution in [0.3, 0.4) is 0 Å². The van der Waals surface area contributed by atoms with Crippen molar-refractivity contribution in [2.45, 2.75) is 13.8 Å². The summed E-state index contributed by atoms with van der Waals surface area (Å²) < 4.78 is 5.08. The Morgan fingerprint density at radius 3 is 2.08 bits per heavy atom. The van der Waals surface area contributed by atoms with E-state index in [9.17, 15) is 9.59 Å². The van der Waals surface area contributed by atoms with Gasteiger partial charge in [-0.2, -0.15) is 0 Å². The minimum atomic E-state index is -0.371. The minimum Gasteiger partial charge on any atom is -0.497 e. The molecule has 0 aliphatic heterocycles. The van der Waals surface area contributed by atoms with Crippen LogP contribution in [0.2, 0.25) is 0 Å². The fourth-order valence-electron chi connectivity index (χ4n) is 2.05. The molecule has 0 heterocycles. The van der Waals surface area contributed by atoms with E-state index in [2.05, 4.69) is 10.6 Å². The number of anilines is 1. The van der Waals surface area contributed by atoms with Gasteiger partial charge >= 0.3 is 0 Å². The van der Waals surface area contributed by atoms with Crippen molar-refractivity contribution >= 4 is 17.5 Å². The van der Waals surface area contributed by atoms with Gasteiger partial charge < -0.3 is 15.4 Å². The van der Waals surface area contributed by atoms with E-state index in [1.165, 1.54) is 0 Å². The Hall–Kier alpha value is -3.08. The number of carbonyl (C=O) groups excluding carboxylic acids is 2. The van der Waals surface area contributed by atoms with Crippen LogP contribution in [0.25, 0.3) is 0 Å². The van der Waals surface area contributed by atoms with Gasteiger partial charge in [0.15, 0.2) is 0 Å². The molecule has 2 aromatic carbocycles. The van der Waals surface area contributed by atoms with Crippen molar-refractivity contribution in [1.82, 2.24) is 5.32 Å². The van der Waals surface area contributed by atoms with Gasteiger partial charge in [-0.25, -0.2) is 0 Å². The lowest BCUT2D eigenvalue weighted by atomic mass is 10.2. The standard InChI is InChI=1S/C19H20N2O3/c1-13(2)17(21-18(22)14-7-5-4-6-8-14)19(23)20-15-9-11-16(24-3)12-10-15/h4-12H,1-3H3,(H,20,23)(H,21,22). The lowest BCUT2D eigenvalue weighted by molar-refractivity contribution is -0.113. The molecule has 5 heteroatoms. The first-order chi connectivity index (χ1) is 11.5. The minimum absolute atomic E-state index is 0.236. The Bertz CT molecular complexity index is 746. The van der Waals surface area contributed by atoms with Crippen LogP contribution in [0.15, 0.2) is 65.9 Å². The van der Waals surface area contributed by atoms with Crippen LogP contribution in [0.5, 0.6) is 5.75 Å². The highest BCUT2D eigenvalue weighted by Gasteiger charge is 2.16. The lowest BCUT2D eigenvalue weighted by Crippen LogP contribution is -2.31. The van der Waals surface area contributed by atoms with E-state index in [4.69, 9.17) is 4.74 Å². The molecular weight excluding hydrogens is 304 g/mol. The predicted octanol–water partition coefficient (Wildman–Crippen LogP) is 3.36. The highest BCUT2D eigenvalue weighted by Crippen LogP contribution is 2.16. The fraction of sp³-hybridized carbons (Fsp3) is 0.158. The zero-order valence-electron chi connectivity index (χ0n) is 13.9. The molecular formula is C19H20N2O3. The first-order valence-corrected chi connectivity index (χ1v) is 7.50. The maximum atomic E-state index is 12.5. The molecule has 0 aliphatic rings. The van der Waals surface area contributed by atoms with Crippen molar-refractivity contribution in [3.8, 4) is 5.75 Å². The summed E-state index contributed by atoms with van der Waals surface area (Å²) in [6.07, 6.45) is 0. The summed E-state index contributed by atoms with van der Waals surface area (Å²) in [5.41, 5.74) is 2.06. The molecule has 0 bridgehead atoms. The normalized spacial score (nSPS) is 9.79. The van der Waals surface area contributed by atoms with Crippen molar-refractivity contribution in [3.63, 3.8) is 0 Å². The van der Waals surface area contributed by atoms with E-state index in [1.807, 2.05) is 6.07 Å². The first kappa shape index (κ1) is 17.3. The van der Waals surface area contributed by atoms with Gasteiger partial charge in [0.1, 0.15) is 11.4 Å². The molecule has 0 saturated heterocycles. The van der Waals surface area contributed by atoms with Gasteiger partial charge in [-0.15, -0.1) is 0 Å². The average molecular weight is 324 g/mol. The molecule has 0 radical (unpaired) electrons. The molecule has 0 atom stereocenters. The van der Waals surface area contributed by atoms with Crippen LogP contribution in [0.4, 0.5) is 5.69 Å². The summed E-state index contributed by atoms with van der Waals surface area (Å²) in [5.74, 6) is 0.00828. The van der Waals surface area contributed by atoms with Crippen LogP contribution >= 0.6 is 0 Å². The van der Waals surface area contributed by atoms with Crippen molar-refractivity contribution < 1.29 is 14.3 Å². The highest BCUT2D eigenvalue weighted by atomic mass is 16.5. The summed E-state index contributed by atoms with van der Waals surface area (Å²) in [7, 11) is 1.58. The molecule has 5 nitrogen and oxygen atoms in total. The first-order valence-electron chi connectivity index (χ1n) is 7.50. The third-order valence-corrected chi connectivity index (χ3v) is 3.35. The summed E-state index contributed by atoms with van der Waals surface area (Å²) in [6, 6.07) is 15.7. The van der Waals surface area contributed by atoms with Crippen molar-refractivity contribution in [1.29, 1.82) is 0 Å². The van der Waals surface area contributed by atoms with Gasteiger partial charge in [0.05, 0.1) is 7.11 Å². The Morgan fingerprint density at radius 1 is 0.917 bits per heavy atom. The molecule has 0 saturated carbocycles. The van der Waals surface area contributed by atoms with Gasteiger partial charge in [-0.05, 0) is 55.8 Å². The van der Waals surface area contributed by atoms with E-state index < -0.39 is 0 Å². The van der Waals surface area contributed by atoms with E-state index in [0.717, 1.165) is 0 Å². The van der Waals surface area contributed by atoms with Gasteiger partial charge in [0.25, 0.3) is 11.8 Å². The summed E-state index contributed by atoms with van der Waals surface area (Å²) >= 11 is 0. The van der Waals surface area contributed by atoms with Crippen LogP contribution < -0.4 is 15.4 Å². The number of hydrogen-bond donors (Lipinski definition) is 2. The number of allylic oxidation sites excluding steroid dienone is 1. The van der Waals surface area contributed by atoms with Crippen molar-refractivity contribution in [2.24, 2.45) is 0 Å². The monoisotopic (exact) mass is 324 g/mol. The Balaban J connectivity index is 2.11. The van der Waals surface area contributed by atoms with Gasteiger partial charge in [0.2, 0.25) is 0 Å². The van der Waals surface area contributed by atoms with Crippen LogP contribution in [-0.4, -0.2) is 18.9 Å². The molecule has 0 aliphatic carbocycles. The smallest absolute Gasteiger partial charge is 0.272 e. The van der Waals surface area contributed by atoms with Gasteiger partial charge in [-0.3, -0.25) is 9.59 Å². The van der Waals surface area contributed by atoms with Crippen LogP contribution in [-0.2, 0) is 4.79 Å². The van der Waals surface area contributed by atoms with Crippen molar-refractivity contribution in [2.75, 3.05) is 12.4 Å². The number of ether oxygens (including phenoxy) is 1. The molecule has 124 valence electrons. The Labute approximate surface area is 141 Å². The Morgan fingerprint density at radius 2 is 1.54 bits per heavy atom. The van der Waals surface area contributed by atoms with Crippen LogP contribution in [0, 0.1) is 0 Å². The molecule has 2 N–H and O–H groups in total. The summed E-state index contributed by atoms with van der Waals surface area (Å²) in [6.45, 7) is 3.54. The molecule has 24 heavy (non-hydrogen) atoms. The van der Waals surface area contributed by atoms with Crippen LogP contribution in [0.1, 0.15) is 24.2 Å². The van der Waals surface area contributed by atoms with E-state index in [-0.39, 0.29) is 17.5 Å². The number of rotatable bonds is 5. The second kappa shape index (κ2) is 7.97. The molecule has 0 spiro atoms. The molecule has 0 fully saturated rings. The quantitative estimate of drug-likeness (QED) is 0.829. The second-order valence-corrected chi connectivity index (χ2v) is 5.38. The largest absolute Gasteiger partial charge is 0.497 e. The number of benzene rings is 2. The molecule has 2 amide bonds. The third-order valence-electron chi connectivity index (χ3n) is 3.35. The predicted molar refractivity (Wildman–Crippen MR) is 93.9 cm³/mol. The maximum absolute atomic E-state index is 12.5. The number of amides is 2. The number of hydrogen-bond acceptors (Lipinski definition) is 3. The van der Waals surface area contributed by atoms with Crippen molar-refractivity contribution in [3.05, 3.63) is 71.4 Å². The molecule has 0 aromatic heterocycles. The third kappa shape index (κ3) is 4.46. The zero-order chi connectivity index (χ0) is 17.5. The number of carbonyl (C=O) groups is 2. The highest BCUT2D eigenvalue weighted by molar-refractivity contribution is 6.08. The SMILES string of the molecule is COc1ccc(NC(=O)C(NC(=O)c2ccccc2)=C(C)C)cc1. The molecule has 2 aromatic rings. The fourth-order valence-corrected chi connectivity index (χ4v) is 2.05. The maximum Gasteiger partial charge on any atom is 0.272 e. The van der Waals surface area contributed by atoms with E-state index >= 15 is 0 Å². The van der Waals surface area contributed by atoms with Gasteiger partial charge in [0, 0.05) is 11.3 Å². The topological polar surface area (TPSA) is 67.4 Å². The number of nitrogens with one attached hydrogen (secondary N) is 2. The number of methoxy groups -OCH3 is 1. The lowest BCUT2D eigenvalue weighted by Gasteiger charge is -2.13. The van der Waals surface area contributed by atoms with E-state index in [0.29, 0.717) is 22.6 Å². The summed E-state index contributed by atoms with van der Waals surface area (Å²) in [5, 5.41) is 5.44. The Kier molecular flexibility index (Phi) is 5.73. The molecule has 2 rings (SSSR count). The zero-order valence-corrected chi connectivity index (χ0v) is 13.9. The molecule has 0 unspecified atom stereocenters. The second-order valence-electron chi connectivity index (χ2n) is 5.38. The average Bonchev–Trinajstić information content (AvgIpc) is 2.60. The van der Waals surface area contributed by atoms with Gasteiger partial charge in [-0.1, -0.05) is 18.2 Å². The summed E-state index contributed by atoms with van der Waals surface area (Å²) in [4.78, 5) is 24.7.